The molecule has 5 heteroatoms. The summed E-state index contributed by atoms with van der Waals surface area (Å²) >= 11 is 7.77. The van der Waals surface area contributed by atoms with Crippen LogP contribution in [-0.4, -0.2) is 11.0 Å². The number of nitrogens with zero attached hydrogens (tertiary/aromatic N) is 1. The van der Waals surface area contributed by atoms with Crippen molar-refractivity contribution < 1.29 is 4.39 Å². The summed E-state index contributed by atoms with van der Waals surface area (Å²) in [4.78, 5) is 5.94. The molecule has 0 radical (unpaired) electrons. The number of aromatic nitrogens is 1. The van der Waals surface area contributed by atoms with Crippen molar-refractivity contribution >= 4 is 22.9 Å². The van der Waals surface area contributed by atoms with Crippen LogP contribution in [0.5, 0.6) is 0 Å². The summed E-state index contributed by atoms with van der Waals surface area (Å²) in [6, 6.07) is 4.87. The zero-order valence-electron chi connectivity index (χ0n) is 12.7. The molecule has 0 aliphatic rings. The summed E-state index contributed by atoms with van der Waals surface area (Å²) in [6.07, 6.45) is 0. The zero-order valence-corrected chi connectivity index (χ0v) is 14.3. The van der Waals surface area contributed by atoms with E-state index in [9.17, 15) is 4.39 Å². The fraction of sp³-hybridized carbons (Fsp3) is 0.438. The van der Waals surface area contributed by atoms with E-state index in [1.807, 2.05) is 0 Å². The first kappa shape index (κ1) is 16.4. The van der Waals surface area contributed by atoms with E-state index in [4.69, 9.17) is 16.6 Å². The Morgan fingerprint density at radius 3 is 2.57 bits per heavy atom. The highest BCUT2D eigenvalue weighted by molar-refractivity contribution is 7.15. The van der Waals surface area contributed by atoms with E-state index >= 15 is 0 Å². The van der Waals surface area contributed by atoms with Crippen molar-refractivity contribution in [2.75, 3.05) is 0 Å². The molecule has 1 heterocycles. The van der Waals surface area contributed by atoms with Crippen LogP contribution in [0, 0.1) is 5.82 Å². The second-order valence-corrected chi connectivity index (χ2v) is 7.13. The van der Waals surface area contributed by atoms with Crippen LogP contribution in [0.25, 0.3) is 10.6 Å². The molecule has 0 spiro atoms. The number of nitrogens with one attached hydrogen (secondary N) is 1. The van der Waals surface area contributed by atoms with Gasteiger partial charge in [0.05, 0.1) is 10.7 Å². The fourth-order valence-corrected chi connectivity index (χ4v) is 3.54. The molecule has 1 aromatic heterocycles. The van der Waals surface area contributed by atoms with Crippen molar-refractivity contribution in [3.63, 3.8) is 0 Å². The molecule has 0 fully saturated rings. The number of thiazole rings is 1. The maximum atomic E-state index is 13.2. The van der Waals surface area contributed by atoms with Crippen LogP contribution < -0.4 is 5.32 Å². The minimum Gasteiger partial charge on any atom is -0.310 e. The van der Waals surface area contributed by atoms with Gasteiger partial charge in [0.2, 0.25) is 0 Å². The van der Waals surface area contributed by atoms with Gasteiger partial charge in [-0.15, -0.1) is 11.3 Å². The smallest absolute Gasteiger partial charge is 0.125 e. The Bertz CT molecular complexity index is 623. The largest absolute Gasteiger partial charge is 0.310 e. The lowest BCUT2D eigenvalue weighted by Gasteiger charge is -2.09. The van der Waals surface area contributed by atoms with E-state index in [1.54, 1.807) is 17.4 Å². The van der Waals surface area contributed by atoms with E-state index in [1.165, 1.54) is 17.0 Å². The minimum atomic E-state index is -0.328. The van der Waals surface area contributed by atoms with Gasteiger partial charge in [-0.1, -0.05) is 39.3 Å². The van der Waals surface area contributed by atoms with Crippen LogP contribution in [0.3, 0.4) is 0 Å². The molecule has 0 amide bonds. The molecule has 0 saturated carbocycles. The summed E-state index contributed by atoms with van der Waals surface area (Å²) in [5.41, 5.74) is 1.88. The normalized spacial score (nSPS) is 11.6. The Morgan fingerprint density at radius 1 is 1.29 bits per heavy atom. The number of hydrogen-bond donors (Lipinski definition) is 1. The molecule has 2 rings (SSSR count). The Labute approximate surface area is 134 Å². The summed E-state index contributed by atoms with van der Waals surface area (Å²) < 4.78 is 13.2. The number of hydrogen-bond acceptors (Lipinski definition) is 3. The summed E-state index contributed by atoms with van der Waals surface area (Å²) in [5.74, 6) is 0.0178. The summed E-state index contributed by atoms with van der Waals surface area (Å²) in [6.45, 7) is 9.29. The van der Waals surface area contributed by atoms with Gasteiger partial charge in [0.15, 0.2) is 0 Å². The molecule has 1 aromatic carbocycles. The maximum absolute atomic E-state index is 13.2. The molecule has 0 atom stereocenters. The Kier molecular flexibility index (Phi) is 5.36. The summed E-state index contributed by atoms with van der Waals surface area (Å²) in [5, 5.41) is 4.68. The molecule has 0 saturated heterocycles. The zero-order chi connectivity index (χ0) is 15.6. The maximum Gasteiger partial charge on any atom is 0.125 e. The van der Waals surface area contributed by atoms with Gasteiger partial charge >= 0.3 is 0 Å². The average molecular weight is 327 g/mol. The Balaban J connectivity index is 2.38. The first-order valence-electron chi connectivity index (χ1n) is 7.07. The molecule has 1 N–H and O–H groups in total. The standard InChI is InChI=1S/C16H20ClFN2S/c1-9(2)15-14(8-19-10(3)4)21-16(20-15)12-6-5-11(18)7-13(12)17/h5-7,9-10,19H,8H2,1-4H3. The number of halogens is 2. The lowest BCUT2D eigenvalue weighted by molar-refractivity contribution is 0.588. The number of rotatable bonds is 5. The third kappa shape index (κ3) is 4.02. The average Bonchev–Trinajstić information content (AvgIpc) is 2.80. The van der Waals surface area contributed by atoms with E-state index < -0.39 is 0 Å². The highest BCUT2D eigenvalue weighted by Gasteiger charge is 2.17. The molecule has 0 bridgehead atoms. The Morgan fingerprint density at radius 2 is 2.00 bits per heavy atom. The minimum absolute atomic E-state index is 0.328. The molecular formula is C16H20ClFN2S. The summed E-state index contributed by atoms with van der Waals surface area (Å²) in [7, 11) is 0. The lowest BCUT2D eigenvalue weighted by Crippen LogP contribution is -2.22. The van der Waals surface area contributed by atoms with Gasteiger partial charge in [-0.05, 0) is 24.1 Å². The molecule has 21 heavy (non-hydrogen) atoms. The van der Waals surface area contributed by atoms with Gasteiger partial charge in [0.25, 0.3) is 0 Å². The fourth-order valence-electron chi connectivity index (χ4n) is 2.02. The van der Waals surface area contributed by atoms with E-state index in [2.05, 4.69) is 33.0 Å². The van der Waals surface area contributed by atoms with Gasteiger partial charge in [0, 0.05) is 23.0 Å². The highest BCUT2D eigenvalue weighted by Crippen LogP contribution is 2.35. The third-order valence-electron chi connectivity index (χ3n) is 3.11. The monoisotopic (exact) mass is 326 g/mol. The van der Waals surface area contributed by atoms with E-state index in [-0.39, 0.29) is 5.82 Å². The molecule has 2 nitrogen and oxygen atoms in total. The molecule has 114 valence electrons. The highest BCUT2D eigenvalue weighted by atomic mass is 35.5. The predicted octanol–water partition coefficient (Wildman–Crippen LogP) is 5.22. The van der Waals surface area contributed by atoms with E-state index in [0.717, 1.165) is 22.8 Å². The van der Waals surface area contributed by atoms with Crippen molar-refractivity contribution in [2.24, 2.45) is 0 Å². The topological polar surface area (TPSA) is 24.9 Å². The second-order valence-electron chi connectivity index (χ2n) is 5.64. The predicted molar refractivity (Wildman–Crippen MR) is 88.6 cm³/mol. The number of benzene rings is 1. The van der Waals surface area contributed by atoms with Gasteiger partial charge in [0.1, 0.15) is 10.8 Å². The molecule has 0 unspecified atom stereocenters. The van der Waals surface area contributed by atoms with Crippen LogP contribution >= 0.6 is 22.9 Å². The molecule has 2 aromatic rings. The van der Waals surface area contributed by atoms with Crippen LogP contribution in [0.2, 0.25) is 5.02 Å². The van der Waals surface area contributed by atoms with Crippen molar-refractivity contribution in [3.05, 3.63) is 39.6 Å². The van der Waals surface area contributed by atoms with Crippen molar-refractivity contribution in [2.45, 2.75) is 46.2 Å². The molecular weight excluding hydrogens is 307 g/mol. The third-order valence-corrected chi connectivity index (χ3v) is 4.52. The quantitative estimate of drug-likeness (QED) is 0.814. The van der Waals surface area contributed by atoms with Crippen molar-refractivity contribution in [3.8, 4) is 10.6 Å². The van der Waals surface area contributed by atoms with Gasteiger partial charge in [-0.3, -0.25) is 0 Å². The lowest BCUT2D eigenvalue weighted by atomic mass is 10.1. The van der Waals surface area contributed by atoms with Crippen LogP contribution in [0.1, 0.15) is 44.2 Å². The first-order chi connectivity index (χ1) is 9.88. The van der Waals surface area contributed by atoms with Crippen molar-refractivity contribution in [1.29, 1.82) is 0 Å². The first-order valence-corrected chi connectivity index (χ1v) is 8.26. The molecule has 0 aliphatic heterocycles. The van der Waals surface area contributed by atoms with Crippen LogP contribution in [0.15, 0.2) is 18.2 Å². The van der Waals surface area contributed by atoms with E-state index in [0.29, 0.717) is 17.0 Å². The van der Waals surface area contributed by atoms with Crippen molar-refractivity contribution in [1.82, 2.24) is 10.3 Å². The van der Waals surface area contributed by atoms with Crippen LogP contribution in [-0.2, 0) is 6.54 Å². The molecule has 0 aliphatic carbocycles. The van der Waals surface area contributed by atoms with Gasteiger partial charge in [-0.2, -0.15) is 0 Å². The van der Waals surface area contributed by atoms with Crippen LogP contribution in [0.4, 0.5) is 4.39 Å². The SMILES string of the molecule is CC(C)NCc1sc(-c2ccc(F)cc2Cl)nc1C(C)C. The van der Waals surface area contributed by atoms with Gasteiger partial charge in [-0.25, -0.2) is 9.37 Å². The van der Waals surface area contributed by atoms with Gasteiger partial charge < -0.3 is 5.32 Å². The second kappa shape index (κ2) is 6.86. The Hall–Kier alpha value is -0.970.